The van der Waals surface area contributed by atoms with Crippen molar-refractivity contribution in [2.24, 2.45) is 5.73 Å². The summed E-state index contributed by atoms with van der Waals surface area (Å²) in [7, 11) is 1.60. The Balaban J connectivity index is 2.76. The molecule has 0 aliphatic rings. The molecular weight excluding hydrogens is 206 g/mol. The number of hydrogen-bond acceptors (Lipinski definition) is 4. The Morgan fingerprint density at radius 1 is 1.31 bits per heavy atom. The summed E-state index contributed by atoms with van der Waals surface area (Å²) < 4.78 is 15.8. The molecule has 0 amide bonds. The molecule has 1 rings (SSSR count). The molecule has 0 aliphatic carbocycles. The predicted octanol–water partition coefficient (Wildman–Crippen LogP) is 2.09. The molecule has 4 nitrogen and oxygen atoms in total. The second-order valence-corrected chi connectivity index (χ2v) is 3.45. The average Bonchev–Trinajstić information content (AvgIpc) is 2.29. The molecule has 0 saturated heterocycles. The van der Waals surface area contributed by atoms with Crippen molar-refractivity contribution in [2.45, 2.75) is 19.9 Å². The quantitative estimate of drug-likeness (QED) is 0.595. The molecule has 1 aromatic rings. The fourth-order valence-electron chi connectivity index (χ4n) is 1.28. The number of rotatable bonds is 6. The third-order valence-electron chi connectivity index (χ3n) is 2.22. The van der Waals surface area contributed by atoms with E-state index in [2.05, 4.69) is 0 Å². The second kappa shape index (κ2) is 6.35. The summed E-state index contributed by atoms with van der Waals surface area (Å²) >= 11 is 0. The Hall–Kier alpha value is -1.26. The standard InChI is InChI=1S/C12H19NO3/c1-4-15-8-16-11-6-5-10(9(2)13)7-12(11)14-3/h5-7,9H,4,8,13H2,1-3H3. The van der Waals surface area contributed by atoms with Crippen molar-refractivity contribution in [3.8, 4) is 11.5 Å². The smallest absolute Gasteiger partial charge is 0.189 e. The van der Waals surface area contributed by atoms with Crippen molar-refractivity contribution >= 4 is 0 Å². The molecule has 1 aromatic carbocycles. The fourth-order valence-corrected chi connectivity index (χ4v) is 1.28. The average molecular weight is 225 g/mol. The number of nitrogens with two attached hydrogens (primary N) is 1. The first-order valence-electron chi connectivity index (χ1n) is 5.33. The van der Waals surface area contributed by atoms with Gasteiger partial charge in [0, 0.05) is 12.6 Å². The van der Waals surface area contributed by atoms with Gasteiger partial charge in [-0.15, -0.1) is 0 Å². The SMILES string of the molecule is CCOCOc1ccc(C(C)N)cc1OC. The number of ether oxygens (including phenoxy) is 3. The van der Waals surface area contributed by atoms with Gasteiger partial charge in [-0.3, -0.25) is 0 Å². The van der Waals surface area contributed by atoms with Crippen molar-refractivity contribution < 1.29 is 14.2 Å². The molecule has 16 heavy (non-hydrogen) atoms. The van der Waals surface area contributed by atoms with E-state index in [9.17, 15) is 0 Å². The molecule has 0 fully saturated rings. The largest absolute Gasteiger partial charge is 0.493 e. The van der Waals surface area contributed by atoms with Gasteiger partial charge < -0.3 is 19.9 Å². The maximum Gasteiger partial charge on any atom is 0.189 e. The lowest BCUT2D eigenvalue weighted by molar-refractivity contribution is 0.0209. The maximum absolute atomic E-state index is 5.79. The molecule has 0 heterocycles. The highest BCUT2D eigenvalue weighted by atomic mass is 16.7. The van der Waals surface area contributed by atoms with Gasteiger partial charge in [-0.2, -0.15) is 0 Å². The van der Waals surface area contributed by atoms with Crippen LogP contribution in [0.1, 0.15) is 25.5 Å². The van der Waals surface area contributed by atoms with Gasteiger partial charge in [0.1, 0.15) is 0 Å². The van der Waals surface area contributed by atoms with Crippen LogP contribution in [-0.2, 0) is 4.74 Å². The summed E-state index contributed by atoms with van der Waals surface area (Å²) in [5, 5.41) is 0. The van der Waals surface area contributed by atoms with Crippen LogP contribution in [0.4, 0.5) is 0 Å². The summed E-state index contributed by atoms with van der Waals surface area (Å²) in [4.78, 5) is 0. The Kier molecular flexibility index (Phi) is 5.08. The van der Waals surface area contributed by atoms with E-state index in [1.807, 2.05) is 32.0 Å². The molecule has 0 bridgehead atoms. The van der Waals surface area contributed by atoms with Crippen LogP contribution in [0.5, 0.6) is 11.5 Å². The second-order valence-electron chi connectivity index (χ2n) is 3.45. The topological polar surface area (TPSA) is 53.7 Å². The highest BCUT2D eigenvalue weighted by molar-refractivity contribution is 5.43. The van der Waals surface area contributed by atoms with E-state index in [0.717, 1.165) is 5.56 Å². The first-order chi connectivity index (χ1) is 7.69. The van der Waals surface area contributed by atoms with Crippen LogP contribution in [0.25, 0.3) is 0 Å². The van der Waals surface area contributed by atoms with Crippen LogP contribution in [-0.4, -0.2) is 20.5 Å². The van der Waals surface area contributed by atoms with Crippen molar-refractivity contribution in [2.75, 3.05) is 20.5 Å². The lowest BCUT2D eigenvalue weighted by atomic mass is 10.1. The highest BCUT2D eigenvalue weighted by Gasteiger charge is 2.07. The van der Waals surface area contributed by atoms with Crippen LogP contribution in [0, 0.1) is 0 Å². The predicted molar refractivity (Wildman–Crippen MR) is 62.7 cm³/mol. The fraction of sp³-hybridized carbons (Fsp3) is 0.500. The highest BCUT2D eigenvalue weighted by Crippen LogP contribution is 2.29. The molecule has 0 aromatic heterocycles. The van der Waals surface area contributed by atoms with Crippen molar-refractivity contribution in [3.05, 3.63) is 23.8 Å². The molecule has 2 N–H and O–H groups in total. The van der Waals surface area contributed by atoms with Gasteiger partial charge in [-0.1, -0.05) is 6.07 Å². The third kappa shape index (κ3) is 3.40. The summed E-state index contributed by atoms with van der Waals surface area (Å²) in [5.41, 5.74) is 6.80. The minimum absolute atomic E-state index is 0.0187. The lowest BCUT2D eigenvalue weighted by Crippen LogP contribution is -2.07. The Morgan fingerprint density at radius 2 is 2.06 bits per heavy atom. The Morgan fingerprint density at radius 3 is 2.62 bits per heavy atom. The zero-order valence-corrected chi connectivity index (χ0v) is 10.0. The molecule has 0 saturated carbocycles. The summed E-state index contributed by atoms with van der Waals surface area (Å²) in [6, 6.07) is 5.63. The lowest BCUT2D eigenvalue weighted by Gasteiger charge is -2.13. The first kappa shape index (κ1) is 12.8. The number of benzene rings is 1. The van der Waals surface area contributed by atoms with Crippen molar-refractivity contribution in [1.29, 1.82) is 0 Å². The number of methoxy groups -OCH3 is 1. The van der Waals surface area contributed by atoms with Crippen LogP contribution in [0.15, 0.2) is 18.2 Å². The molecule has 4 heteroatoms. The van der Waals surface area contributed by atoms with E-state index >= 15 is 0 Å². The zero-order chi connectivity index (χ0) is 12.0. The van der Waals surface area contributed by atoms with E-state index in [4.69, 9.17) is 19.9 Å². The van der Waals surface area contributed by atoms with Crippen LogP contribution >= 0.6 is 0 Å². The molecule has 0 aliphatic heterocycles. The van der Waals surface area contributed by atoms with Gasteiger partial charge in [-0.05, 0) is 31.5 Å². The Bertz CT molecular complexity index is 326. The van der Waals surface area contributed by atoms with Gasteiger partial charge in [0.2, 0.25) is 0 Å². The van der Waals surface area contributed by atoms with E-state index in [1.165, 1.54) is 0 Å². The van der Waals surface area contributed by atoms with Gasteiger partial charge in [0.05, 0.1) is 7.11 Å². The normalized spacial score (nSPS) is 12.2. The first-order valence-corrected chi connectivity index (χ1v) is 5.33. The monoisotopic (exact) mass is 225 g/mol. The van der Waals surface area contributed by atoms with Gasteiger partial charge >= 0.3 is 0 Å². The summed E-state index contributed by atoms with van der Waals surface area (Å²) in [6.07, 6.45) is 0. The molecule has 1 unspecified atom stereocenters. The van der Waals surface area contributed by atoms with Crippen molar-refractivity contribution in [1.82, 2.24) is 0 Å². The molecular formula is C12H19NO3. The number of hydrogen-bond donors (Lipinski definition) is 1. The van der Waals surface area contributed by atoms with Gasteiger partial charge in [0.15, 0.2) is 18.3 Å². The van der Waals surface area contributed by atoms with Gasteiger partial charge in [-0.25, -0.2) is 0 Å². The zero-order valence-electron chi connectivity index (χ0n) is 10.0. The molecule has 1 atom stereocenters. The Labute approximate surface area is 96.3 Å². The summed E-state index contributed by atoms with van der Waals surface area (Å²) in [5.74, 6) is 1.34. The minimum atomic E-state index is -0.0187. The molecule has 0 spiro atoms. The summed E-state index contributed by atoms with van der Waals surface area (Å²) in [6.45, 7) is 4.69. The third-order valence-corrected chi connectivity index (χ3v) is 2.22. The van der Waals surface area contributed by atoms with E-state index < -0.39 is 0 Å². The van der Waals surface area contributed by atoms with Crippen LogP contribution in [0.3, 0.4) is 0 Å². The molecule has 90 valence electrons. The van der Waals surface area contributed by atoms with Crippen molar-refractivity contribution in [3.63, 3.8) is 0 Å². The minimum Gasteiger partial charge on any atom is -0.493 e. The van der Waals surface area contributed by atoms with E-state index in [1.54, 1.807) is 7.11 Å². The van der Waals surface area contributed by atoms with Crippen LogP contribution < -0.4 is 15.2 Å². The maximum atomic E-state index is 5.79. The van der Waals surface area contributed by atoms with Crippen LogP contribution in [0.2, 0.25) is 0 Å². The van der Waals surface area contributed by atoms with E-state index in [-0.39, 0.29) is 12.8 Å². The molecule has 0 radical (unpaired) electrons. The van der Waals surface area contributed by atoms with E-state index in [0.29, 0.717) is 18.1 Å². The van der Waals surface area contributed by atoms with Gasteiger partial charge in [0.25, 0.3) is 0 Å².